The lowest BCUT2D eigenvalue weighted by atomic mass is 9.74. The van der Waals surface area contributed by atoms with E-state index in [2.05, 4.69) is 13.8 Å². The van der Waals surface area contributed by atoms with E-state index < -0.39 is 0 Å². The Balaban J connectivity index is 2.36. The minimum absolute atomic E-state index is 0.357. The van der Waals surface area contributed by atoms with E-state index in [0.717, 1.165) is 24.7 Å². The molecule has 0 aromatic rings. The molecule has 0 aromatic carbocycles. The van der Waals surface area contributed by atoms with E-state index in [1.165, 1.54) is 19.3 Å². The third-order valence-electron chi connectivity index (χ3n) is 3.56. The molecule has 1 aliphatic carbocycles. The van der Waals surface area contributed by atoms with Gasteiger partial charge in [-0.25, -0.2) is 0 Å². The lowest BCUT2D eigenvalue weighted by Crippen LogP contribution is -2.32. The van der Waals surface area contributed by atoms with Gasteiger partial charge in [0, 0.05) is 0 Å². The van der Waals surface area contributed by atoms with E-state index >= 15 is 0 Å². The van der Waals surface area contributed by atoms with E-state index in [1.807, 2.05) is 6.92 Å². The number of aliphatic hydroxyl groups is 1. The van der Waals surface area contributed by atoms with Gasteiger partial charge in [0.1, 0.15) is 0 Å². The number of hydrogen-bond donors (Lipinski definition) is 1. The highest BCUT2D eigenvalue weighted by molar-refractivity contribution is 4.82. The van der Waals surface area contributed by atoms with Crippen LogP contribution in [-0.2, 0) is 0 Å². The molecule has 0 aromatic heterocycles. The summed E-state index contributed by atoms with van der Waals surface area (Å²) in [5, 5.41) is 9.75. The van der Waals surface area contributed by atoms with Gasteiger partial charge in [0.25, 0.3) is 0 Å². The van der Waals surface area contributed by atoms with E-state index in [4.69, 9.17) is 0 Å². The predicted octanol–water partition coefficient (Wildman–Crippen LogP) is 2.97. The Morgan fingerprint density at radius 2 is 1.92 bits per heavy atom. The van der Waals surface area contributed by atoms with Gasteiger partial charge in [-0.1, -0.05) is 20.3 Å². The molecule has 0 saturated heterocycles. The molecule has 1 N–H and O–H groups in total. The molecule has 1 unspecified atom stereocenters. The Bertz CT molecular complexity index is 130. The highest BCUT2D eigenvalue weighted by Crippen LogP contribution is 2.36. The topological polar surface area (TPSA) is 20.2 Å². The molecule has 1 nitrogen and oxygen atoms in total. The molecule has 1 fully saturated rings. The van der Waals surface area contributed by atoms with Gasteiger partial charge < -0.3 is 5.11 Å². The maximum atomic E-state index is 9.75. The van der Waals surface area contributed by atoms with Gasteiger partial charge in [0.15, 0.2) is 0 Å². The summed E-state index contributed by atoms with van der Waals surface area (Å²) >= 11 is 0. The zero-order valence-corrected chi connectivity index (χ0v) is 8.64. The quantitative estimate of drug-likeness (QED) is 0.675. The molecule has 72 valence electrons. The molecule has 1 aliphatic rings. The molecule has 0 aliphatic heterocycles. The van der Waals surface area contributed by atoms with Gasteiger partial charge in [-0.3, -0.25) is 0 Å². The van der Waals surface area contributed by atoms with Crippen molar-refractivity contribution < 1.29 is 5.11 Å². The van der Waals surface area contributed by atoms with E-state index in [-0.39, 0.29) is 5.60 Å². The van der Waals surface area contributed by atoms with Crippen molar-refractivity contribution in [2.45, 2.75) is 58.5 Å². The van der Waals surface area contributed by atoms with Crippen LogP contribution in [0.1, 0.15) is 52.9 Å². The molecule has 0 heterocycles. The predicted molar refractivity (Wildman–Crippen MR) is 52.0 cm³/mol. The van der Waals surface area contributed by atoms with Crippen molar-refractivity contribution in [2.75, 3.05) is 0 Å². The van der Waals surface area contributed by atoms with Crippen molar-refractivity contribution in [2.24, 2.45) is 11.8 Å². The first-order chi connectivity index (χ1) is 5.55. The van der Waals surface area contributed by atoms with Gasteiger partial charge >= 0.3 is 0 Å². The van der Waals surface area contributed by atoms with Gasteiger partial charge in [-0.15, -0.1) is 0 Å². The third kappa shape index (κ3) is 2.48. The average molecular weight is 170 g/mol. The van der Waals surface area contributed by atoms with Gasteiger partial charge in [0.2, 0.25) is 0 Å². The van der Waals surface area contributed by atoms with Gasteiger partial charge in [-0.05, 0) is 44.4 Å². The summed E-state index contributed by atoms with van der Waals surface area (Å²) in [7, 11) is 0. The summed E-state index contributed by atoms with van der Waals surface area (Å²) in [5.41, 5.74) is -0.357. The summed E-state index contributed by atoms with van der Waals surface area (Å²) in [6.07, 6.45) is 5.74. The number of hydrogen-bond acceptors (Lipinski definition) is 1. The summed E-state index contributed by atoms with van der Waals surface area (Å²) in [4.78, 5) is 0. The second-order valence-electron chi connectivity index (χ2n) is 4.72. The SMILES string of the molecule is CCC(C)[C@H]1CC[C@@](C)(O)CC1. The number of rotatable bonds is 2. The summed E-state index contributed by atoms with van der Waals surface area (Å²) in [6, 6.07) is 0. The molecule has 1 rings (SSSR count). The zero-order valence-electron chi connectivity index (χ0n) is 8.64. The van der Waals surface area contributed by atoms with E-state index in [0.29, 0.717) is 0 Å². The smallest absolute Gasteiger partial charge is 0.0620 e. The highest BCUT2D eigenvalue weighted by atomic mass is 16.3. The van der Waals surface area contributed by atoms with E-state index in [1.54, 1.807) is 0 Å². The molecule has 0 amide bonds. The largest absolute Gasteiger partial charge is 0.390 e. The van der Waals surface area contributed by atoms with Crippen LogP contribution in [0.15, 0.2) is 0 Å². The average Bonchev–Trinajstić information content (AvgIpc) is 2.03. The van der Waals surface area contributed by atoms with Crippen LogP contribution in [0.2, 0.25) is 0 Å². The zero-order chi connectivity index (χ0) is 9.19. The first kappa shape index (κ1) is 10.0. The minimum Gasteiger partial charge on any atom is -0.390 e. The molecular formula is C11H22O. The van der Waals surface area contributed by atoms with Crippen LogP contribution in [0.3, 0.4) is 0 Å². The molecule has 1 atom stereocenters. The van der Waals surface area contributed by atoms with Crippen molar-refractivity contribution in [1.82, 2.24) is 0 Å². The van der Waals surface area contributed by atoms with Crippen molar-refractivity contribution >= 4 is 0 Å². The Labute approximate surface area is 76.2 Å². The van der Waals surface area contributed by atoms with Crippen LogP contribution in [0, 0.1) is 11.8 Å². The molecular weight excluding hydrogens is 148 g/mol. The van der Waals surface area contributed by atoms with Crippen LogP contribution in [0.25, 0.3) is 0 Å². The molecule has 12 heavy (non-hydrogen) atoms. The maximum Gasteiger partial charge on any atom is 0.0620 e. The standard InChI is InChI=1S/C11H22O/c1-4-9(2)10-5-7-11(3,12)8-6-10/h9-10,12H,4-8H2,1-3H3/t9?,10-,11+. The third-order valence-corrected chi connectivity index (χ3v) is 3.56. The van der Waals surface area contributed by atoms with Crippen molar-refractivity contribution in [3.05, 3.63) is 0 Å². The van der Waals surface area contributed by atoms with Crippen LogP contribution >= 0.6 is 0 Å². The Morgan fingerprint density at radius 3 is 2.33 bits per heavy atom. The normalized spacial score (nSPS) is 39.5. The van der Waals surface area contributed by atoms with Crippen molar-refractivity contribution in [1.29, 1.82) is 0 Å². The van der Waals surface area contributed by atoms with E-state index in [9.17, 15) is 5.11 Å². The summed E-state index contributed by atoms with van der Waals surface area (Å²) in [6.45, 7) is 6.57. The first-order valence-corrected chi connectivity index (χ1v) is 5.27. The molecule has 0 radical (unpaired) electrons. The minimum atomic E-state index is -0.357. The van der Waals surface area contributed by atoms with Crippen LogP contribution in [0.5, 0.6) is 0 Å². The lowest BCUT2D eigenvalue weighted by Gasteiger charge is -2.35. The molecule has 1 heteroatoms. The first-order valence-electron chi connectivity index (χ1n) is 5.27. The Morgan fingerprint density at radius 1 is 1.42 bits per heavy atom. The molecule has 1 saturated carbocycles. The Kier molecular flexibility index (Phi) is 3.16. The van der Waals surface area contributed by atoms with Crippen LogP contribution < -0.4 is 0 Å². The summed E-state index contributed by atoms with van der Waals surface area (Å²) < 4.78 is 0. The monoisotopic (exact) mass is 170 g/mol. The van der Waals surface area contributed by atoms with Gasteiger partial charge in [0.05, 0.1) is 5.60 Å². The fourth-order valence-corrected chi connectivity index (χ4v) is 2.16. The highest BCUT2D eigenvalue weighted by Gasteiger charge is 2.30. The fraction of sp³-hybridized carbons (Fsp3) is 1.00. The van der Waals surface area contributed by atoms with Crippen molar-refractivity contribution in [3.8, 4) is 0 Å². The van der Waals surface area contributed by atoms with Gasteiger partial charge in [-0.2, -0.15) is 0 Å². The Hall–Kier alpha value is -0.0400. The van der Waals surface area contributed by atoms with Crippen molar-refractivity contribution in [3.63, 3.8) is 0 Å². The van der Waals surface area contributed by atoms with Crippen LogP contribution in [-0.4, -0.2) is 10.7 Å². The molecule has 0 spiro atoms. The summed E-state index contributed by atoms with van der Waals surface area (Å²) in [5.74, 6) is 1.72. The molecule has 0 bridgehead atoms. The maximum absolute atomic E-state index is 9.75. The lowest BCUT2D eigenvalue weighted by molar-refractivity contribution is 0.0000883. The second kappa shape index (κ2) is 3.78. The fourth-order valence-electron chi connectivity index (χ4n) is 2.16. The second-order valence-corrected chi connectivity index (χ2v) is 4.72. The van der Waals surface area contributed by atoms with Crippen LogP contribution in [0.4, 0.5) is 0 Å².